The zero-order valence-corrected chi connectivity index (χ0v) is 13.6. The standard InChI is InChI=1S/C17H23NO2S/c1-14-4-6-16(7-5-14)21(19,20)18-13-3-10-17(18)11-8-15(2)9-12-17/h4-8,11,15H,3,9-10,12-13H2,1-2H3. The van der Waals surface area contributed by atoms with Crippen LogP contribution >= 0.6 is 0 Å². The number of hydrogen-bond donors (Lipinski definition) is 0. The first-order chi connectivity index (χ1) is 9.94. The Bertz CT molecular complexity index is 648. The molecule has 1 aromatic carbocycles. The highest BCUT2D eigenvalue weighted by Gasteiger charge is 2.46. The topological polar surface area (TPSA) is 37.4 Å². The lowest BCUT2D eigenvalue weighted by molar-refractivity contribution is 0.258. The van der Waals surface area contributed by atoms with Crippen molar-refractivity contribution in [3.05, 3.63) is 42.0 Å². The fourth-order valence-electron chi connectivity index (χ4n) is 3.49. The van der Waals surface area contributed by atoms with Crippen molar-refractivity contribution >= 4 is 10.0 Å². The summed E-state index contributed by atoms with van der Waals surface area (Å²) in [7, 11) is -3.40. The van der Waals surface area contributed by atoms with Crippen LogP contribution in [0.4, 0.5) is 0 Å². The minimum absolute atomic E-state index is 0.282. The summed E-state index contributed by atoms with van der Waals surface area (Å²) in [6.07, 6.45) is 8.24. The van der Waals surface area contributed by atoms with E-state index in [1.807, 2.05) is 19.1 Å². The van der Waals surface area contributed by atoms with E-state index in [2.05, 4.69) is 19.1 Å². The van der Waals surface area contributed by atoms with E-state index in [0.29, 0.717) is 17.4 Å². The maximum Gasteiger partial charge on any atom is 0.243 e. The van der Waals surface area contributed by atoms with E-state index in [0.717, 1.165) is 31.2 Å². The van der Waals surface area contributed by atoms with E-state index in [-0.39, 0.29) is 5.54 Å². The van der Waals surface area contributed by atoms with Crippen molar-refractivity contribution in [1.82, 2.24) is 4.31 Å². The summed E-state index contributed by atoms with van der Waals surface area (Å²) in [6.45, 7) is 4.80. The number of sulfonamides is 1. The molecule has 3 nitrogen and oxygen atoms in total. The van der Waals surface area contributed by atoms with Crippen molar-refractivity contribution in [3.63, 3.8) is 0 Å². The summed E-state index contributed by atoms with van der Waals surface area (Å²) in [5.74, 6) is 0.556. The Morgan fingerprint density at radius 1 is 1.19 bits per heavy atom. The molecule has 1 aliphatic heterocycles. The number of hydrogen-bond acceptors (Lipinski definition) is 2. The predicted octanol–water partition coefficient (Wildman–Crippen LogP) is 3.50. The van der Waals surface area contributed by atoms with Crippen molar-refractivity contribution in [2.24, 2.45) is 5.92 Å². The molecule has 2 atom stereocenters. The molecular weight excluding hydrogens is 282 g/mol. The smallest absolute Gasteiger partial charge is 0.207 e. The summed E-state index contributed by atoms with van der Waals surface area (Å²) < 4.78 is 27.7. The fraction of sp³-hybridized carbons (Fsp3) is 0.529. The highest BCUT2D eigenvalue weighted by Crippen LogP contribution is 2.42. The van der Waals surface area contributed by atoms with Crippen LogP contribution in [-0.2, 0) is 10.0 Å². The third-order valence-corrected chi connectivity index (χ3v) is 6.84. The van der Waals surface area contributed by atoms with Gasteiger partial charge in [0.1, 0.15) is 0 Å². The van der Waals surface area contributed by atoms with E-state index in [9.17, 15) is 8.42 Å². The number of rotatable bonds is 2. The van der Waals surface area contributed by atoms with Gasteiger partial charge in [0.2, 0.25) is 10.0 Å². The van der Waals surface area contributed by atoms with Crippen molar-refractivity contribution in [1.29, 1.82) is 0 Å². The Kier molecular flexibility index (Phi) is 3.70. The van der Waals surface area contributed by atoms with Gasteiger partial charge in [0, 0.05) is 6.54 Å². The van der Waals surface area contributed by atoms with Crippen molar-refractivity contribution in [2.75, 3.05) is 6.54 Å². The molecular formula is C17H23NO2S. The Labute approximate surface area is 127 Å². The first-order valence-corrected chi connectivity index (χ1v) is 9.17. The van der Waals surface area contributed by atoms with Crippen molar-refractivity contribution in [3.8, 4) is 0 Å². The Morgan fingerprint density at radius 3 is 2.52 bits per heavy atom. The van der Waals surface area contributed by atoms with Crippen LogP contribution < -0.4 is 0 Å². The molecule has 0 bridgehead atoms. The summed E-state index contributed by atoms with van der Waals surface area (Å²) in [5, 5.41) is 0. The lowest BCUT2D eigenvalue weighted by atomic mass is 9.82. The third kappa shape index (κ3) is 2.55. The quantitative estimate of drug-likeness (QED) is 0.784. The van der Waals surface area contributed by atoms with Crippen LogP contribution in [0, 0.1) is 12.8 Å². The molecule has 0 amide bonds. The molecule has 0 saturated carbocycles. The maximum atomic E-state index is 13.0. The van der Waals surface area contributed by atoms with Crippen molar-refractivity contribution in [2.45, 2.75) is 50.0 Å². The van der Waals surface area contributed by atoms with Gasteiger partial charge in [0.15, 0.2) is 0 Å². The van der Waals surface area contributed by atoms with Crippen molar-refractivity contribution < 1.29 is 8.42 Å². The predicted molar refractivity (Wildman–Crippen MR) is 84.6 cm³/mol. The molecule has 1 fully saturated rings. The van der Waals surface area contributed by atoms with Crippen LogP contribution in [-0.4, -0.2) is 24.8 Å². The summed E-state index contributed by atoms with van der Waals surface area (Å²) in [5.41, 5.74) is 0.799. The molecule has 0 radical (unpaired) electrons. The van der Waals surface area contributed by atoms with Gasteiger partial charge in [0.25, 0.3) is 0 Å². The van der Waals surface area contributed by atoms with Gasteiger partial charge < -0.3 is 0 Å². The van der Waals surface area contributed by atoms with Gasteiger partial charge in [0.05, 0.1) is 10.4 Å². The minimum atomic E-state index is -3.40. The van der Waals surface area contributed by atoms with E-state index in [4.69, 9.17) is 0 Å². The molecule has 2 unspecified atom stereocenters. The van der Waals surface area contributed by atoms with Gasteiger partial charge in [-0.3, -0.25) is 0 Å². The third-order valence-electron chi connectivity index (χ3n) is 4.84. The van der Waals surface area contributed by atoms with Crippen LogP contribution in [0.25, 0.3) is 0 Å². The average Bonchev–Trinajstić information content (AvgIpc) is 2.87. The first-order valence-electron chi connectivity index (χ1n) is 7.73. The lowest BCUT2D eigenvalue weighted by Crippen LogP contribution is -2.47. The van der Waals surface area contributed by atoms with Gasteiger partial charge in [-0.25, -0.2) is 8.42 Å². The van der Waals surface area contributed by atoms with Crippen LogP contribution in [0.5, 0.6) is 0 Å². The van der Waals surface area contributed by atoms with Crippen LogP contribution in [0.1, 0.15) is 38.2 Å². The molecule has 114 valence electrons. The molecule has 1 heterocycles. The molecule has 21 heavy (non-hydrogen) atoms. The second-order valence-corrected chi connectivity index (χ2v) is 8.33. The molecule has 1 aliphatic carbocycles. The normalized spacial score (nSPS) is 30.1. The average molecular weight is 305 g/mol. The second kappa shape index (κ2) is 5.25. The maximum absolute atomic E-state index is 13.0. The zero-order chi connectivity index (χ0) is 15.1. The van der Waals surface area contributed by atoms with E-state index in [1.165, 1.54) is 0 Å². The Hall–Kier alpha value is -1.13. The van der Waals surface area contributed by atoms with E-state index >= 15 is 0 Å². The van der Waals surface area contributed by atoms with Gasteiger partial charge in [-0.15, -0.1) is 0 Å². The molecule has 0 N–H and O–H groups in total. The Morgan fingerprint density at radius 2 is 1.90 bits per heavy atom. The first kappa shape index (κ1) is 14.8. The van der Waals surface area contributed by atoms with E-state index < -0.39 is 10.0 Å². The van der Waals surface area contributed by atoms with Crippen LogP contribution in [0.2, 0.25) is 0 Å². The van der Waals surface area contributed by atoms with Crippen LogP contribution in [0.3, 0.4) is 0 Å². The van der Waals surface area contributed by atoms with Gasteiger partial charge in [-0.05, 0) is 50.7 Å². The highest BCUT2D eigenvalue weighted by atomic mass is 32.2. The SMILES string of the molecule is Cc1ccc(S(=O)(=O)N2CCCC23C=CC(C)CC3)cc1. The molecule has 1 aromatic rings. The second-order valence-electron chi connectivity index (χ2n) is 6.47. The molecule has 4 heteroatoms. The summed E-state index contributed by atoms with van der Waals surface area (Å²) in [4.78, 5) is 0.418. The van der Waals surface area contributed by atoms with E-state index in [1.54, 1.807) is 16.4 Å². The molecule has 0 aromatic heterocycles. The molecule has 1 spiro atoms. The summed E-state index contributed by atoms with van der Waals surface area (Å²) in [6, 6.07) is 7.19. The number of nitrogens with zero attached hydrogens (tertiary/aromatic N) is 1. The number of aryl methyl sites for hydroxylation is 1. The lowest BCUT2D eigenvalue weighted by Gasteiger charge is -2.38. The molecule has 1 saturated heterocycles. The van der Waals surface area contributed by atoms with Gasteiger partial charge >= 0.3 is 0 Å². The molecule has 2 aliphatic rings. The summed E-state index contributed by atoms with van der Waals surface area (Å²) >= 11 is 0. The van der Waals surface area contributed by atoms with Gasteiger partial charge in [-0.2, -0.15) is 4.31 Å². The largest absolute Gasteiger partial charge is 0.243 e. The number of benzene rings is 1. The number of allylic oxidation sites excluding steroid dienone is 1. The van der Waals surface area contributed by atoms with Crippen LogP contribution in [0.15, 0.2) is 41.3 Å². The zero-order valence-electron chi connectivity index (χ0n) is 12.7. The monoisotopic (exact) mass is 305 g/mol. The fourth-order valence-corrected chi connectivity index (χ4v) is 5.32. The molecule has 3 rings (SSSR count). The van der Waals surface area contributed by atoms with Gasteiger partial charge in [-0.1, -0.05) is 36.8 Å². The minimum Gasteiger partial charge on any atom is -0.207 e. The highest BCUT2D eigenvalue weighted by molar-refractivity contribution is 7.89. The Balaban J connectivity index is 1.98.